The van der Waals surface area contributed by atoms with Crippen LogP contribution in [0.2, 0.25) is 0 Å². The normalized spacial score (nSPS) is 12.6. The van der Waals surface area contributed by atoms with Gasteiger partial charge in [-0.2, -0.15) is 5.11 Å². The lowest BCUT2D eigenvalue weighted by molar-refractivity contribution is 0.475. The summed E-state index contributed by atoms with van der Waals surface area (Å²) in [6.45, 7) is 4.01. The number of hydrogen-bond donors (Lipinski definition) is 1. The molecule has 5 heteroatoms. The van der Waals surface area contributed by atoms with Gasteiger partial charge < -0.3 is 5.11 Å². The maximum atomic E-state index is 9.33. The molecule has 0 fully saturated rings. The van der Waals surface area contributed by atoms with E-state index in [-0.39, 0.29) is 11.8 Å². The zero-order valence-electron chi connectivity index (χ0n) is 13.0. The van der Waals surface area contributed by atoms with Gasteiger partial charge >= 0.3 is 0 Å². The largest absolute Gasteiger partial charge is 0.508 e. The number of rotatable bonds is 4. The molecular formula is C18H17N3OS. The molecule has 0 saturated carbocycles. The zero-order valence-corrected chi connectivity index (χ0v) is 13.8. The number of phenolic OH excluding ortho intramolecular Hbond substituents is 1. The van der Waals surface area contributed by atoms with Crippen molar-refractivity contribution in [2.45, 2.75) is 19.9 Å². The summed E-state index contributed by atoms with van der Waals surface area (Å²) in [4.78, 5) is 5.71. The van der Waals surface area contributed by atoms with Crippen molar-refractivity contribution < 1.29 is 5.11 Å². The first-order valence-electron chi connectivity index (χ1n) is 7.36. The van der Waals surface area contributed by atoms with Crippen LogP contribution in [0.25, 0.3) is 11.3 Å². The van der Waals surface area contributed by atoms with Crippen LogP contribution >= 0.6 is 11.3 Å². The quantitative estimate of drug-likeness (QED) is 0.629. The van der Waals surface area contributed by atoms with Gasteiger partial charge in [0.15, 0.2) is 0 Å². The molecule has 23 heavy (non-hydrogen) atoms. The Kier molecular flexibility index (Phi) is 4.48. The Balaban J connectivity index is 1.79. The number of aryl methyl sites for hydroxylation is 1. The molecule has 1 heterocycles. The smallest absolute Gasteiger partial charge is 0.230 e. The van der Waals surface area contributed by atoms with Crippen molar-refractivity contribution >= 4 is 16.5 Å². The van der Waals surface area contributed by atoms with E-state index in [9.17, 15) is 5.11 Å². The predicted octanol–water partition coefficient (Wildman–Crippen LogP) is 5.67. The van der Waals surface area contributed by atoms with Crippen molar-refractivity contribution in [1.82, 2.24) is 4.98 Å². The first-order chi connectivity index (χ1) is 11.1. The number of nitrogens with zero attached hydrogens (tertiary/aromatic N) is 3. The molecule has 2 aromatic carbocycles. The number of benzene rings is 2. The number of azo groups is 1. The highest BCUT2D eigenvalue weighted by Gasteiger charge is 2.10. The molecule has 0 bridgehead atoms. The molecule has 3 rings (SSSR count). The minimum Gasteiger partial charge on any atom is -0.508 e. The number of aromatic nitrogens is 1. The summed E-state index contributed by atoms with van der Waals surface area (Å²) in [7, 11) is 0. The number of thiazole rings is 1. The van der Waals surface area contributed by atoms with Gasteiger partial charge in [-0.25, -0.2) is 4.98 Å². The summed E-state index contributed by atoms with van der Waals surface area (Å²) in [6.07, 6.45) is 0. The van der Waals surface area contributed by atoms with Gasteiger partial charge in [0.05, 0.1) is 11.7 Å². The summed E-state index contributed by atoms with van der Waals surface area (Å²) in [5.41, 5.74) is 3.05. The van der Waals surface area contributed by atoms with Gasteiger partial charge in [-0.1, -0.05) is 53.8 Å². The van der Waals surface area contributed by atoms with Gasteiger partial charge in [0.1, 0.15) is 5.75 Å². The highest BCUT2D eigenvalue weighted by Crippen LogP contribution is 2.32. The van der Waals surface area contributed by atoms with Gasteiger partial charge in [-0.05, 0) is 31.5 Å². The van der Waals surface area contributed by atoms with E-state index in [1.54, 1.807) is 12.1 Å². The molecule has 0 aliphatic heterocycles. The third-order valence-corrected chi connectivity index (χ3v) is 4.38. The average Bonchev–Trinajstić information content (AvgIpc) is 2.95. The Morgan fingerprint density at radius 1 is 1.04 bits per heavy atom. The Morgan fingerprint density at radius 3 is 2.43 bits per heavy atom. The van der Waals surface area contributed by atoms with E-state index in [1.165, 1.54) is 11.3 Å². The third-order valence-electron chi connectivity index (χ3n) is 3.52. The van der Waals surface area contributed by atoms with Crippen molar-refractivity contribution in [3.8, 4) is 17.0 Å². The summed E-state index contributed by atoms with van der Waals surface area (Å²) < 4.78 is 0. The van der Waals surface area contributed by atoms with Crippen LogP contribution in [0, 0.1) is 6.92 Å². The van der Waals surface area contributed by atoms with E-state index in [2.05, 4.69) is 15.2 Å². The summed E-state index contributed by atoms with van der Waals surface area (Å²) in [5, 5.41) is 18.6. The van der Waals surface area contributed by atoms with Crippen LogP contribution < -0.4 is 0 Å². The minimum absolute atomic E-state index is 0.0834. The third kappa shape index (κ3) is 3.63. The lowest BCUT2D eigenvalue weighted by atomic mass is 10.1. The average molecular weight is 323 g/mol. The Hall–Kier alpha value is -2.53. The van der Waals surface area contributed by atoms with E-state index < -0.39 is 0 Å². The molecule has 0 radical (unpaired) electrons. The summed E-state index contributed by atoms with van der Waals surface area (Å²) >= 11 is 1.54. The fourth-order valence-electron chi connectivity index (χ4n) is 2.24. The number of hydrogen-bond acceptors (Lipinski definition) is 5. The molecular weight excluding hydrogens is 306 g/mol. The van der Waals surface area contributed by atoms with Crippen LogP contribution in [0.15, 0.2) is 64.8 Å². The lowest BCUT2D eigenvalue weighted by Gasteiger charge is -2.04. The maximum Gasteiger partial charge on any atom is 0.230 e. The molecule has 0 amide bonds. The second-order valence-corrected chi connectivity index (χ2v) is 6.43. The van der Waals surface area contributed by atoms with Gasteiger partial charge in [-0.3, -0.25) is 0 Å². The topological polar surface area (TPSA) is 57.8 Å². The second-order valence-electron chi connectivity index (χ2n) is 5.25. The fraction of sp³-hybridized carbons (Fsp3) is 0.167. The van der Waals surface area contributed by atoms with Crippen LogP contribution in [-0.2, 0) is 0 Å². The van der Waals surface area contributed by atoms with Crippen LogP contribution in [0.1, 0.15) is 23.4 Å². The Bertz CT molecular complexity index is 810. The fourth-order valence-corrected chi connectivity index (χ4v) is 3.00. The molecule has 3 aromatic rings. The van der Waals surface area contributed by atoms with E-state index >= 15 is 0 Å². The van der Waals surface area contributed by atoms with Crippen LogP contribution in [0.3, 0.4) is 0 Å². The standard InChI is InChI=1S/C18H17N3OS/c1-12(14-8-10-16(22)11-9-14)20-21-18-19-17(13(2)23-18)15-6-4-3-5-7-15/h3-12,22H,1-2H3. The van der Waals surface area contributed by atoms with Crippen LogP contribution in [0.5, 0.6) is 5.75 Å². The first-order valence-corrected chi connectivity index (χ1v) is 8.18. The predicted molar refractivity (Wildman–Crippen MR) is 93.3 cm³/mol. The molecule has 1 N–H and O–H groups in total. The molecule has 1 unspecified atom stereocenters. The van der Waals surface area contributed by atoms with Gasteiger partial charge in [0.2, 0.25) is 5.13 Å². The Labute approximate surface area is 139 Å². The molecule has 1 atom stereocenters. The van der Waals surface area contributed by atoms with E-state index in [4.69, 9.17) is 0 Å². The van der Waals surface area contributed by atoms with Crippen molar-refractivity contribution in [2.75, 3.05) is 0 Å². The van der Waals surface area contributed by atoms with Crippen LogP contribution in [-0.4, -0.2) is 10.1 Å². The number of aromatic hydroxyl groups is 1. The summed E-state index contributed by atoms with van der Waals surface area (Å²) in [5.74, 6) is 0.251. The highest BCUT2D eigenvalue weighted by atomic mass is 32.1. The Morgan fingerprint density at radius 2 is 1.74 bits per heavy atom. The second kappa shape index (κ2) is 6.71. The first kappa shape index (κ1) is 15.4. The molecule has 0 aliphatic carbocycles. The summed E-state index contributed by atoms with van der Waals surface area (Å²) in [6, 6.07) is 17.0. The van der Waals surface area contributed by atoms with Gasteiger partial charge in [-0.15, -0.1) is 5.11 Å². The van der Waals surface area contributed by atoms with Crippen molar-refractivity contribution in [1.29, 1.82) is 0 Å². The zero-order chi connectivity index (χ0) is 16.2. The SMILES string of the molecule is Cc1sc(N=NC(C)c2ccc(O)cc2)nc1-c1ccccc1. The molecule has 116 valence electrons. The van der Waals surface area contributed by atoms with Crippen LogP contribution in [0.4, 0.5) is 5.13 Å². The van der Waals surface area contributed by atoms with Crippen molar-refractivity contribution in [2.24, 2.45) is 10.2 Å². The monoisotopic (exact) mass is 323 g/mol. The van der Waals surface area contributed by atoms with Gasteiger partial charge in [0, 0.05) is 10.4 Å². The molecule has 0 aliphatic rings. The van der Waals surface area contributed by atoms with Crippen molar-refractivity contribution in [3.63, 3.8) is 0 Å². The maximum absolute atomic E-state index is 9.33. The number of phenols is 1. The molecule has 0 spiro atoms. The van der Waals surface area contributed by atoms with E-state index in [1.807, 2.05) is 56.3 Å². The van der Waals surface area contributed by atoms with Gasteiger partial charge in [0.25, 0.3) is 0 Å². The van der Waals surface area contributed by atoms with E-state index in [0.717, 1.165) is 21.7 Å². The minimum atomic E-state index is -0.0834. The molecule has 4 nitrogen and oxygen atoms in total. The highest BCUT2D eigenvalue weighted by molar-refractivity contribution is 7.15. The molecule has 0 saturated heterocycles. The van der Waals surface area contributed by atoms with Crippen molar-refractivity contribution in [3.05, 3.63) is 65.0 Å². The molecule has 1 aromatic heterocycles. The van der Waals surface area contributed by atoms with E-state index in [0.29, 0.717) is 5.13 Å². The lowest BCUT2D eigenvalue weighted by Crippen LogP contribution is -1.87.